The molecule has 0 bridgehead atoms. The van der Waals surface area contributed by atoms with Gasteiger partial charge in [-0.3, -0.25) is 4.79 Å². The van der Waals surface area contributed by atoms with E-state index in [4.69, 9.17) is 4.74 Å². The molecule has 0 unspecified atom stereocenters. The lowest BCUT2D eigenvalue weighted by Gasteiger charge is -2.03. The van der Waals surface area contributed by atoms with E-state index in [1.165, 1.54) is 0 Å². The Bertz CT molecular complexity index is 404. The highest BCUT2D eigenvalue weighted by molar-refractivity contribution is 5.99. The van der Waals surface area contributed by atoms with Gasteiger partial charge in [0.25, 0.3) is 0 Å². The number of benzene rings is 1. The van der Waals surface area contributed by atoms with Gasteiger partial charge in [-0.1, -0.05) is 36.4 Å². The van der Waals surface area contributed by atoms with E-state index >= 15 is 0 Å². The minimum atomic E-state index is -0.452. The van der Waals surface area contributed by atoms with Crippen LogP contribution in [0.1, 0.15) is 24.2 Å². The maximum atomic E-state index is 11.6. The molecule has 16 heavy (non-hydrogen) atoms. The van der Waals surface area contributed by atoms with E-state index in [1.807, 2.05) is 6.07 Å². The molecule has 0 aliphatic heterocycles. The fourth-order valence-corrected chi connectivity index (χ4v) is 1.07. The number of allylic oxidation sites excluding steroid dienone is 1. The second-order valence-corrected chi connectivity index (χ2v) is 3.34. The summed E-state index contributed by atoms with van der Waals surface area (Å²) in [6, 6.07) is 8.75. The summed E-state index contributed by atoms with van der Waals surface area (Å²) >= 11 is 0. The predicted molar refractivity (Wildman–Crippen MR) is 61.2 cm³/mol. The monoisotopic (exact) mass is 218 g/mol. The van der Waals surface area contributed by atoms with E-state index in [1.54, 1.807) is 44.2 Å². The summed E-state index contributed by atoms with van der Waals surface area (Å²) in [5, 5.41) is 0. The van der Waals surface area contributed by atoms with E-state index in [9.17, 15) is 9.59 Å². The summed E-state index contributed by atoms with van der Waals surface area (Å²) in [7, 11) is 0. The molecule has 0 amide bonds. The molecule has 0 heterocycles. The SMILES string of the molecule is CC=C(C)C(=O)OCC(=O)c1ccccc1. The van der Waals surface area contributed by atoms with Gasteiger partial charge in [0.05, 0.1) is 0 Å². The van der Waals surface area contributed by atoms with Crippen molar-refractivity contribution in [3.05, 3.63) is 47.5 Å². The van der Waals surface area contributed by atoms with Gasteiger partial charge in [0.15, 0.2) is 12.4 Å². The molecular weight excluding hydrogens is 204 g/mol. The van der Waals surface area contributed by atoms with Gasteiger partial charge < -0.3 is 4.74 Å². The summed E-state index contributed by atoms with van der Waals surface area (Å²) < 4.78 is 4.85. The average Bonchev–Trinajstić information content (AvgIpc) is 2.35. The molecule has 0 spiro atoms. The van der Waals surface area contributed by atoms with Gasteiger partial charge in [0.2, 0.25) is 0 Å². The van der Waals surface area contributed by atoms with Gasteiger partial charge >= 0.3 is 5.97 Å². The fourth-order valence-electron chi connectivity index (χ4n) is 1.07. The Balaban J connectivity index is 2.52. The molecule has 0 saturated carbocycles. The zero-order chi connectivity index (χ0) is 12.0. The van der Waals surface area contributed by atoms with Crippen LogP contribution in [0.3, 0.4) is 0 Å². The lowest BCUT2D eigenvalue weighted by atomic mass is 10.1. The molecule has 3 heteroatoms. The standard InChI is InChI=1S/C13H14O3/c1-3-10(2)13(15)16-9-12(14)11-7-5-4-6-8-11/h3-8H,9H2,1-2H3. The van der Waals surface area contributed by atoms with Crippen molar-refractivity contribution in [3.63, 3.8) is 0 Å². The number of ether oxygens (including phenoxy) is 1. The molecule has 0 aliphatic rings. The molecule has 0 N–H and O–H groups in total. The minimum Gasteiger partial charge on any atom is -0.454 e. The second kappa shape index (κ2) is 5.85. The third-order valence-corrected chi connectivity index (χ3v) is 2.19. The van der Waals surface area contributed by atoms with Crippen LogP contribution in [-0.2, 0) is 9.53 Å². The summed E-state index contributed by atoms with van der Waals surface area (Å²) in [5.41, 5.74) is 1.05. The Morgan fingerprint density at radius 1 is 1.25 bits per heavy atom. The van der Waals surface area contributed by atoms with Crippen LogP contribution in [0, 0.1) is 0 Å². The van der Waals surface area contributed by atoms with Gasteiger partial charge in [0.1, 0.15) is 0 Å². The molecule has 0 aromatic heterocycles. The van der Waals surface area contributed by atoms with Crippen molar-refractivity contribution in [2.75, 3.05) is 6.61 Å². The van der Waals surface area contributed by atoms with Crippen LogP contribution in [0.25, 0.3) is 0 Å². The summed E-state index contributed by atoms with van der Waals surface area (Å²) in [6.07, 6.45) is 1.65. The maximum absolute atomic E-state index is 11.6. The van der Waals surface area contributed by atoms with Gasteiger partial charge in [0, 0.05) is 11.1 Å². The number of carbonyl (C=O) groups is 2. The first kappa shape index (κ1) is 12.2. The Hall–Kier alpha value is -1.90. The number of hydrogen-bond acceptors (Lipinski definition) is 3. The molecule has 0 aliphatic carbocycles. The van der Waals surface area contributed by atoms with Gasteiger partial charge in [-0.2, -0.15) is 0 Å². The normalized spacial score (nSPS) is 11.0. The van der Waals surface area contributed by atoms with Crippen molar-refractivity contribution >= 4 is 11.8 Å². The molecule has 0 fully saturated rings. The molecule has 0 radical (unpaired) electrons. The number of esters is 1. The number of hydrogen-bond donors (Lipinski definition) is 0. The van der Waals surface area contributed by atoms with Crippen molar-refractivity contribution in [3.8, 4) is 0 Å². The molecule has 1 rings (SSSR count). The van der Waals surface area contributed by atoms with Crippen molar-refractivity contribution in [2.45, 2.75) is 13.8 Å². The Kier molecular flexibility index (Phi) is 4.45. The van der Waals surface area contributed by atoms with Gasteiger partial charge in [-0.05, 0) is 13.8 Å². The Morgan fingerprint density at radius 3 is 2.44 bits per heavy atom. The quantitative estimate of drug-likeness (QED) is 0.442. The molecule has 1 aromatic rings. The van der Waals surface area contributed by atoms with Crippen molar-refractivity contribution in [2.24, 2.45) is 0 Å². The summed E-state index contributed by atoms with van der Waals surface area (Å²) in [4.78, 5) is 22.8. The zero-order valence-corrected chi connectivity index (χ0v) is 9.40. The smallest absolute Gasteiger partial charge is 0.333 e. The zero-order valence-electron chi connectivity index (χ0n) is 9.40. The molecule has 0 saturated heterocycles. The minimum absolute atomic E-state index is 0.196. The van der Waals surface area contributed by atoms with Crippen LogP contribution >= 0.6 is 0 Å². The number of carbonyl (C=O) groups excluding carboxylic acids is 2. The molecule has 0 atom stereocenters. The van der Waals surface area contributed by atoms with E-state index in [0.717, 1.165) is 0 Å². The highest BCUT2D eigenvalue weighted by atomic mass is 16.5. The number of ketones is 1. The van der Waals surface area contributed by atoms with E-state index in [0.29, 0.717) is 11.1 Å². The molecule has 1 aromatic carbocycles. The third kappa shape index (κ3) is 3.35. The van der Waals surface area contributed by atoms with E-state index in [-0.39, 0.29) is 12.4 Å². The lowest BCUT2D eigenvalue weighted by Crippen LogP contribution is -2.14. The third-order valence-electron chi connectivity index (χ3n) is 2.19. The summed E-state index contributed by atoms with van der Waals surface area (Å²) in [5.74, 6) is -0.648. The first-order chi connectivity index (χ1) is 7.65. The lowest BCUT2D eigenvalue weighted by molar-refractivity contribution is -0.137. The maximum Gasteiger partial charge on any atom is 0.333 e. The predicted octanol–water partition coefficient (Wildman–Crippen LogP) is 2.38. The van der Waals surface area contributed by atoms with Crippen LogP contribution in [-0.4, -0.2) is 18.4 Å². The van der Waals surface area contributed by atoms with Crippen molar-refractivity contribution in [1.29, 1.82) is 0 Å². The van der Waals surface area contributed by atoms with Crippen molar-refractivity contribution in [1.82, 2.24) is 0 Å². The van der Waals surface area contributed by atoms with Crippen LogP contribution < -0.4 is 0 Å². The first-order valence-electron chi connectivity index (χ1n) is 5.03. The number of Topliss-reactive ketones (excluding diaryl/α,β-unsaturated/α-hetero) is 1. The summed E-state index contributed by atoms with van der Waals surface area (Å²) in [6.45, 7) is 3.18. The Labute approximate surface area is 94.7 Å². The number of rotatable bonds is 4. The van der Waals surface area contributed by atoms with Crippen LogP contribution in [0.5, 0.6) is 0 Å². The van der Waals surface area contributed by atoms with Crippen LogP contribution in [0.4, 0.5) is 0 Å². The van der Waals surface area contributed by atoms with Crippen molar-refractivity contribution < 1.29 is 14.3 Å². The van der Waals surface area contributed by atoms with Gasteiger partial charge in [-0.25, -0.2) is 4.79 Å². The van der Waals surface area contributed by atoms with E-state index < -0.39 is 5.97 Å². The second-order valence-electron chi connectivity index (χ2n) is 3.34. The topological polar surface area (TPSA) is 43.4 Å². The molecular formula is C13H14O3. The van der Waals surface area contributed by atoms with Gasteiger partial charge in [-0.15, -0.1) is 0 Å². The van der Waals surface area contributed by atoms with Crippen LogP contribution in [0.15, 0.2) is 42.0 Å². The highest BCUT2D eigenvalue weighted by Crippen LogP contribution is 2.02. The van der Waals surface area contributed by atoms with E-state index in [2.05, 4.69) is 0 Å². The largest absolute Gasteiger partial charge is 0.454 e. The molecule has 3 nitrogen and oxygen atoms in total. The first-order valence-corrected chi connectivity index (χ1v) is 5.03. The average molecular weight is 218 g/mol. The fraction of sp³-hybridized carbons (Fsp3) is 0.231. The van der Waals surface area contributed by atoms with Crippen LogP contribution in [0.2, 0.25) is 0 Å². The highest BCUT2D eigenvalue weighted by Gasteiger charge is 2.09. The molecule has 84 valence electrons. The Morgan fingerprint density at radius 2 is 1.88 bits per heavy atom.